The summed E-state index contributed by atoms with van der Waals surface area (Å²) in [5.41, 5.74) is -0.299. The number of carbonyl (C=O) groups excluding carboxylic acids is 2. The first kappa shape index (κ1) is 16.3. The second-order valence-corrected chi connectivity index (χ2v) is 5.37. The van der Waals surface area contributed by atoms with Gasteiger partial charge in [0.25, 0.3) is 11.8 Å². The molecule has 25 heavy (non-hydrogen) atoms. The highest BCUT2D eigenvalue weighted by Gasteiger charge is 2.26. The Morgan fingerprint density at radius 1 is 1.16 bits per heavy atom. The smallest absolute Gasteiger partial charge is 0.311 e. The first-order valence-electron chi connectivity index (χ1n) is 6.81. The fraction of sp³-hybridized carbons (Fsp3) is 0. The van der Waals surface area contributed by atoms with Gasteiger partial charge in [-0.3, -0.25) is 30.3 Å². The molecular formula is C15H9N3O6S. The van der Waals surface area contributed by atoms with Gasteiger partial charge in [0.2, 0.25) is 0 Å². The molecule has 3 N–H and O–H groups in total. The van der Waals surface area contributed by atoms with Gasteiger partial charge in [-0.25, -0.2) is 0 Å². The first-order chi connectivity index (χ1) is 11.8. The van der Waals surface area contributed by atoms with Crippen LogP contribution in [-0.2, 0) is 9.59 Å². The molecule has 9 nitrogen and oxygen atoms in total. The van der Waals surface area contributed by atoms with E-state index in [1.807, 2.05) is 0 Å². The third-order valence-corrected chi connectivity index (χ3v) is 3.52. The van der Waals surface area contributed by atoms with E-state index in [9.17, 15) is 24.8 Å². The molecule has 1 saturated heterocycles. The van der Waals surface area contributed by atoms with Gasteiger partial charge >= 0.3 is 5.69 Å². The Labute approximate surface area is 145 Å². The zero-order valence-electron chi connectivity index (χ0n) is 12.3. The number of aromatic hydroxyl groups is 1. The number of rotatable bonds is 3. The highest BCUT2D eigenvalue weighted by atomic mass is 32.1. The lowest BCUT2D eigenvalue weighted by Crippen LogP contribution is -2.51. The van der Waals surface area contributed by atoms with Crippen LogP contribution < -0.4 is 10.6 Å². The number of hydrogen-bond donors (Lipinski definition) is 3. The molecular weight excluding hydrogens is 350 g/mol. The van der Waals surface area contributed by atoms with E-state index in [-0.39, 0.29) is 22.2 Å². The van der Waals surface area contributed by atoms with Crippen LogP contribution in [0, 0.1) is 10.1 Å². The minimum absolute atomic E-state index is 0.0799. The maximum absolute atomic E-state index is 11.8. The lowest BCUT2D eigenvalue weighted by Gasteiger charge is -2.15. The highest BCUT2D eigenvalue weighted by molar-refractivity contribution is 7.80. The van der Waals surface area contributed by atoms with E-state index in [4.69, 9.17) is 16.6 Å². The van der Waals surface area contributed by atoms with E-state index in [1.165, 1.54) is 30.3 Å². The van der Waals surface area contributed by atoms with Gasteiger partial charge in [-0.05, 0) is 42.6 Å². The number of nitro groups is 1. The molecule has 3 rings (SSSR count). The standard InChI is InChI=1S/C15H9N3O6S/c19-11-3-1-7(5-10(11)18(22)23)12-4-2-8(24-12)6-9-13(20)16-15(25)17-14(9)21/h1-6,19H,(H2,16,17,20,21,25). The number of nitrogens with one attached hydrogen (secondary N) is 2. The summed E-state index contributed by atoms with van der Waals surface area (Å²) in [5, 5.41) is 24.9. The molecule has 1 aromatic carbocycles. The van der Waals surface area contributed by atoms with Crippen LogP contribution in [0.3, 0.4) is 0 Å². The lowest BCUT2D eigenvalue weighted by molar-refractivity contribution is -0.385. The monoisotopic (exact) mass is 359 g/mol. The molecule has 0 unspecified atom stereocenters. The van der Waals surface area contributed by atoms with E-state index in [0.29, 0.717) is 5.56 Å². The Kier molecular flexibility index (Phi) is 4.03. The number of hydrogen-bond acceptors (Lipinski definition) is 7. The zero-order valence-corrected chi connectivity index (χ0v) is 13.1. The Hall–Kier alpha value is -3.53. The number of benzene rings is 1. The summed E-state index contributed by atoms with van der Waals surface area (Å²) in [6.45, 7) is 0. The van der Waals surface area contributed by atoms with Gasteiger partial charge in [0.15, 0.2) is 10.9 Å². The molecule has 10 heteroatoms. The Morgan fingerprint density at radius 3 is 2.48 bits per heavy atom. The molecule has 2 aromatic rings. The van der Waals surface area contributed by atoms with E-state index in [0.717, 1.165) is 6.07 Å². The van der Waals surface area contributed by atoms with Gasteiger partial charge in [-0.15, -0.1) is 0 Å². The van der Waals surface area contributed by atoms with Gasteiger partial charge < -0.3 is 9.52 Å². The average Bonchev–Trinajstić information content (AvgIpc) is 2.99. The van der Waals surface area contributed by atoms with Crippen molar-refractivity contribution in [3.63, 3.8) is 0 Å². The number of furan rings is 1. The third-order valence-electron chi connectivity index (χ3n) is 3.31. The summed E-state index contributed by atoms with van der Waals surface area (Å²) in [6.07, 6.45) is 1.23. The minimum Gasteiger partial charge on any atom is -0.502 e. The summed E-state index contributed by atoms with van der Waals surface area (Å²) in [4.78, 5) is 33.7. The molecule has 0 aliphatic carbocycles. The van der Waals surface area contributed by atoms with Crippen molar-refractivity contribution < 1.29 is 24.0 Å². The Balaban J connectivity index is 1.93. The Morgan fingerprint density at radius 2 is 1.84 bits per heavy atom. The summed E-state index contributed by atoms with van der Waals surface area (Å²) >= 11 is 4.70. The van der Waals surface area contributed by atoms with Crippen molar-refractivity contribution in [3.05, 3.63) is 51.8 Å². The normalized spacial score (nSPS) is 14.1. The number of carbonyl (C=O) groups is 2. The maximum Gasteiger partial charge on any atom is 0.311 e. The topological polar surface area (TPSA) is 135 Å². The molecule has 0 radical (unpaired) electrons. The summed E-state index contributed by atoms with van der Waals surface area (Å²) in [5.74, 6) is -1.32. The fourth-order valence-corrected chi connectivity index (χ4v) is 2.34. The predicted octanol–water partition coefficient (Wildman–Crippen LogP) is 1.47. The van der Waals surface area contributed by atoms with Crippen molar-refractivity contribution in [2.45, 2.75) is 0 Å². The van der Waals surface area contributed by atoms with Gasteiger partial charge in [-0.1, -0.05) is 0 Å². The second kappa shape index (κ2) is 6.17. The summed E-state index contributed by atoms with van der Waals surface area (Å²) in [6, 6.07) is 6.79. The Bertz CT molecular complexity index is 940. The number of phenolic OH excluding ortho intramolecular Hbond substituents is 1. The first-order valence-corrected chi connectivity index (χ1v) is 7.22. The molecule has 126 valence electrons. The van der Waals surface area contributed by atoms with Crippen molar-refractivity contribution in [3.8, 4) is 17.1 Å². The van der Waals surface area contributed by atoms with Crippen molar-refractivity contribution in [2.24, 2.45) is 0 Å². The quantitative estimate of drug-likeness (QED) is 0.248. The van der Waals surface area contributed by atoms with Crippen LogP contribution in [-0.4, -0.2) is 27.0 Å². The molecule has 2 heterocycles. The van der Waals surface area contributed by atoms with Crippen LogP contribution in [0.4, 0.5) is 5.69 Å². The molecule has 1 fully saturated rings. The molecule has 1 aliphatic heterocycles. The maximum atomic E-state index is 11.8. The molecule has 0 bridgehead atoms. The number of amides is 2. The minimum atomic E-state index is -0.718. The number of nitro benzene ring substituents is 1. The van der Waals surface area contributed by atoms with Crippen LogP contribution in [0.25, 0.3) is 17.4 Å². The number of nitrogens with zero attached hydrogens (tertiary/aromatic N) is 1. The molecule has 0 spiro atoms. The predicted molar refractivity (Wildman–Crippen MR) is 89.3 cm³/mol. The fourth-order valence-electron chi connectivity index (χ4n) is 2.16. The zero-order chi connectivity index (χ0) is 18.1. The molecule has 1 aromatic heterocycles. The van der Waals surface area contributed by atoms with Crippen LogP contribution in [0.2, 0.25) is 0 Å². The third kappa shape index (κ3) is 3.23. The molecule has 0 atom stereocenters. The van der Waals surface area contributed by atoms with Gasteiger partial charge in [0, 0.05) is 11.6 Å². The van der Waals surface area contributed by atoms with E-state index >= 15 is 0 Å². The van der Waals surface area contributed by atoms with Crippen molar-refractivity contribution >= 4 is 40.9 Å². The lowest BCUT2D eigenvalue weighted by atomic mass is 10.1. The van der Waals surface area contributed by atoms with Gasteiger partial charge in [0.05, 0.1) is 4.92 Å². The van der Waals surface area contributed by atoms with Crippen LogP contribution >= 0.6 is 12.2 Å². The highest BCUT2D eigenvalue weighted by Crippen LogP contribution is 2.32. The SMILES string of the molecule is O=C1NC(=S)NC(=O)C1=Cc1ccc(-c2ccc(O)c([N+](=O)[O-])c2)o1. The van der Waals surface area contributed by atoms with E-state index < -0.39 is 28.2 Å². The number of thiocarbonyl (C=S) groups is 1. The van der Waals surface area contributed by atoms with Crippen LogP contribution in [0.5, 0.6) is 5.75 Å². The second-order valence-electron chi connectivity index (χ2n) is 4.96. The molecule has 1 aliphatic rings. The number of phenols is 1. The van der Waals surface area contributed by atoms with Crippen LogP contribution in [0.15, 0.2) is 40.3 Å². The van der Waals surface area contributed by atoms with E-state index in [1.54, 1.807) is 0 Å². The van der Waals surface area contributed by atoms with Crippen molar-refractivity contribution in [1.29, 1.82) is 0 Å². The summed E-state index contributed by atoms with van der Waals surface area (Å²) in [7, 11) is 0. The van der Waals surface area contributed by atoms with Crippen LogP contribution in [0.1, 0.15) is 5.76 Å². The van der Waals surface area contributed by atoms with Crippen molar-refractivity contribution in [2.75, 3.05) is 0 Å². The molecule has 0 saturated carbocycles. The molecule has 2 amide bonds. The van der Waals surface area contributed by atoms with E-state index in [2.05, 4.69) is 10.6 Å². The largest absolute Gasteiger partial charge is 0.502 e. The van der Waals surface area contributed by atoms with Gasteiger partial charge in [-0.2, -0.15) is 0 Å². The summed E-state index contributed by atoms with van der Waals surface area (Å²) < 4.78 is 5.50. The van der Waals surface area contributed by atoms with Crippen molar-refractivity contribution in [1.82, 2.24) is 10.6 Å². The average molecular weight is 359 g/mol. The van der Waals surface area contributed by atoms with Gasteiger partial charge in [0.1, 0.15) is 17.1 Å².